The van der Waals surface area contributed by atoms with Crippen LogP contribution in [0, 0.1) is 10.8 Å². The van der Waals surface area contributed by atoms with Crippen LogP contribution in [0.1, 0.15) is 66.2 Å². The Morgan fingerprint density at radius 2 is 1.85 bits per heavy atom. The molecule has 2 aliphatic rings. The highest BCUT2D eigenvalue weighted by molar-refractivity contribution is 5.89. The van der Waals surface area contributed by atoms with Gasteiger partial charge >= 0.3 is 11.9 Å². The fraction of sp³-hybridized carbons (Fsp3) is 0.667. The minimum atomic E-state index is -1.41. The first kappa shape index (κ1) is 21.4. The molecule has 0 amide bonds. The van der Waals surface area contributed by atoms with E-state index in [-0.39, 0.29) is 29.6 Å². The van der Waals surface area contributed by atoms with Crippen LogP contribution in [0.2, 0.25) is 0 Å². The number of allylic oxidation sites excluding steroid dienone is 3. The zero-order chi connectivity index (χ0) is 20.5. The zero-order valence-electron chi connectivity index (χ0n) is 16.6. The Bertz CT molecular complexity index is 697. The summed E-state index contributed by atoms with van der Waals surface area (Å²) < 4.78 is 5.20. The molecular weight excluding hydrogens is 348 g/mol. The summed E-state index contributed by atoms with van der Waals surface area (Å²) in [6.45, 7) is 7.75. The largest absolute Gasteiger partial charge is 0.481 e. The smallest absolute Gasteiger partial charge is 0.334 e. The predicted molar refractivity (Wildman–Crippen MR) is 100.0 cm³/mol. The summed E-state index contributed by atoms with van der Waals surface area (Å²) in [5, 5.41) is 18.7. The van der Waals surface area contributed by atoms with Crippen LogP contribution in [0.5, 0.6) is 0 Å². The average Bonchev–Trinajstić information content (AvgIpc) is 2.74. The molecule has 0 aliphatic heterocycles. The van der Waals surface area contributed by atoms with Gasteiger partial charge in [-0.1, -0.05) is 38.5 Å². The van der Waals surface area contributed by atoms with Crippen molar-refractivity contribution >= 4 is 17.7 Å². The topological polar surface area (TPSA) is 101 Å². The van der Waals surface area contributed by atoms with Crippen molar-refractivity contribution in [1.29, 1.82) is 0 Å². The second-order valence-electron chi connectivity index (χ2n) is 8.95. The maximum absolute atomic E-state index is 12.2. The fourth-order valence-corrected chi connectivity index (χ4v) is 4.07. The number of aliphatic carboxylic acids is 1. The number of aliphatic hydroxyl groups is 1. The molecule has 0 aromatic carbocycles. The Balaban J connectivity index is 1.97. The first-order valence-corrected chi connectivity index (χ1v) is 9.40. The monoisotopic (exact) mass is 378 g/mol. The fourth-order valence-electron chi connectivity index (χ4n) is 4.07. The number of carboxylic acid groups (broad SMARTS) is 1. The highest BCUT2D eigenvalue weighted by atomic mass is 16.5. The van der Waals surface area contributed by atoms with E-state index in [1.165, 1.54) is 12.5 Å². The quantitative estimate of drug-likeness (QED) is 0.660. The summed E-state index contributed by atoms with van der Waals surface area (Å²) in [5.41, 5.74) is 0.0555. The van der Waals surface area contributed by atoms with Crippen molar-refractivity contribution in [2.75, 3.05) is 6.61 Å². The average molecular weight is 378 g/mol. The van der Waals surface area contributed by atoms with Crippen molar-refractivity contribution in [2.24, 2.45) is 10.8 Å². The van der Waals surface area contributed by atoms with Crippen molar-refractivity contribution < 1.29 is 29.3 Å². The predicted octanol–water partition coefficient (Wildman–Crippen LogP) is 3.19. The lowest BCUT2D eigenvalue weighted by Gasteiger charge is -2.40. The first-order chi connectivity index (χ1) is 12.4. The van der Waals surface area contributed by atoms with Crippen LogP contribution in [0.25, 0.3) is 0 Å². The third kappa shape index (κ3) is 4.86. The summed E-state index contributed by atoms with van der Waals surface area (Å²) in [4.78, 5) is 34.9. The molecule has 2 atom stereocenters. The SMILES string of the molecule is CC1(C)CC(=O)C[C@]1(C)C1=CC=C(C(=O)OCC[C@@](C)(O)CC(=O)O)CC1. The van der Waals surface area contributed by atoms with E-state index in [1.807, 2.05) is 6.08 Å². The van der Waals surface area contributed by atoms with Crippen LogP contribution in [-0.4, -0.2) is 40.1 Å². The molecule has 150 valence electrons. The van der Waals surface area contributed by atoms with E-state index >= 15 is 0 Å². The highest BCUT2D eigenvalue weighted by Gasteiger charge is 2.51. The van der Waals surface area contributed by atoms with Crippen LogP contribution in [-0.2, 0) is 19.1 Å². The van der Waals surface area contributed by atoms with Crippen LogP contribution in [0.15, 0.2) is 23.3 Å². The number of rotatable bonds is 7. The molecule has 0 radical (unpaired) electrons. The van der Waals surface area contributed by atoms with Gasteiger partial charge in [0, 0.05) is 30.3 Å². The number of ketones is 1. The van der Waals surface area contributed by atoms with Crippen LogP contribution < -0.4 is 0 Å². The molecule has 1 fully saturated rings. The van der Waals surface area contributed by atoms with Gasteiger partial charge in [0.15, 0.2) is 0 Å². The van der Waals surface area contributed by atoms with Gasteiger partial charge in [-0.2, -0.15) is 0 Å². The molecule has 0 aromatic rings. The molecule has 27 heavy (non-hydrogen) atoms. The lowest BCUT2D eigenvalue weighted by atomic mass is 9.63. The van der Waals surface area contributed by atoms with Gasteiger partial charge in [0.05, 0.1) is 18.6 Å². The van der Waals surface area contributed by atoms with Crippen molar-refractivity contribution in [2.45, 2.75) is 71.8 Å². The van der Waals surface area contributed by atoms with E-state index in [4.69, 9.17) is 9.84 Å². The summed E-state index contributed by atoms with van der Waals surface area (Å²) in [6, 6.07) is 0. The molecule has 2 aliphatic carbocycles. The van der Waals surface area contributed by atoms with Crippen LogP contribution in [0.3, 0.4) is 0 Å². The summed E-state index contributed by atoms with van der Waals surface area (Å²) in [7, 11) is 0. The highest BCUT2D eigenvalue weighted by Crippen LogP contribution is 2.56. The van der Waals surface area contributed by atoms with Crippen molar-refractivity contribution in [3.63, 3.8) is 0 Å². The molecule has 0 spiro atoms. The van der Waals surface area contributed by atoms with E-state index in [0.717, 1.165) is 0 Å². The first-order valence-electron chi connectivity index (χ1n) is 9.40. The summed E-state index contributed by atoms with van der Waals surface area (Å²) >= 11 is 0. The Morgan fingerprint density at radius 1 is 1.19 bits per heavy atom. The Morgan fingerprint density at radius 3 is 2.33 bits per heavy atom. The maximum atomic E-state index is 12.2. The summed E-state index contributed by atoms with van der Waals surface area (Å²) in [5.74, 6) is -1.25. The van der Waals surface area contributed by atoms with E-state index < -0.39 is 24.0 Å². The van der Waals surface area contributed by atoms with Crippen LogP contribution >= 0.6 is 0 Å². The lowest BCUT2D eigenvalue weighted by molar-refractivity contribution is -0.144. The van der Waals surface area contributed by atoms with E-state index in [1.54, 1.807) is 6.08 Å². The molecule has 0 heterocycles. The Hall–Kier alpha value is -1.95. The van der Waals surface area contributed by atoms with Gasteiger partial charge in [0.2, 0.25) is 0 Å². The minimum Gasteiger partial charge on any atom is -0.481 e. The molecule has 2 rings (SSSR count). The number of hydrogen-bond donors (Lipinski definition) is 2. The lowest BCUT2D eigenvalue weighted by Crippen LogP contribution is -2.32. The number of hydrogen-bond acceptors (Lipinski definition) is 5. The number of carboxylic acids is 1. The number of carbonyl (C=O) groups excluding carboxylic acids is 2. The van der Waals surface area contributed by atoms with E-state index in [2.05, 4.69) is 20.8 Å². The molecule has 6 heteroatoms. The van der Waals surface area contributed by atoms with Crippen molar-refractivity contribution in [3.8, 4) is 0 Å². The third-order valence-corrected chi connectivity index (χ3v) is 6.21. The van der Waals surface area contributed by atoms with Crippen molar-refractivity contribution in [3.05, 3.63) is 23.3 Å². The third-order valence-electron chi connectivity index (χ3n) is 6.21. The summed E-state index contributed by atoms with van der Waals surface area (Å²) in [6.07, 6.45) is 5.76. The number of esters is 1. The second kappa shape index (κ2) is 7.58. The molecule has 0 bridgehead atoms. The second-order valence-corrected chi connectivity index (χ2v) is 8.95. The van der Waals surface area contributed by atoms with E-state index in [9.17, 15) is 19.5 Å². The molecule has 2 N–H and O–H groups in total. The van der Waals surface area contributed by atoms with E-state index in [0.29, 0.717) is 31.3 Å². The molecule has 0 saturated heterocycles. The molecular formula is C21H30O6. The Labute approximate surface area is 160 Å². The number of carbonyl (C=O) groups is 3. The molecule has 1 saturated carbocycles. The normalized spacial score (nSPS) is 26.8. The van der Waals surface area contributed by atoms with Gasteiger partial charge in [0.1, 0.15) is 5.78 Å². The van der Waals surface area contributed by atoms with Crippen molar-refractivity contribution in [1.82, 2.24) is 0 Å². The maximum Gasteiger partial charge on any atom is 0.334 e. The number of Topliss-reactive ketones (excluding diaryl/α,β-unsaturated/α-hetero) is 1. The van der Waals surface area contributed by atoms with Gasteiger partial charge in [-0.3, -0.25) is 9.59 Å². The molecule has 6 nitrogen and oxygen atoms in total. The van der Waals surface area contributed by atoms with Gasteiger partial charge in [-0.15, -0.1) is 0 Å². The molecule has 0 unspecified atom stereocenters. The zero-order valence-corrected chi connectivity index (χ0v) is 16.6. The minimum absolute atomic E-state index is 0.0354. The standard InChI is InChI=1S/C21H30O6/c1-19(2)11-16(22)12-21(19,4)15-7-5-14(6-8-15)18(25)27-10-9-20(3,26)13-17(23)24/h5,7,26H,6,8-13H2,1-4H3,(H,23,24)/t20-,21-/m1/s1. The molecule has 0 aromatic heterocycles. The van der Waals surface area contributed by atoms with Gasteiger partial charge < -0.3 is 14.9 Å². The van der Waals surface area contributed by atoms with Gasteiger partial charge in [0.25, 0.3) is 0 Å². The number of ether oxygens (including phenoxy) is 1. The van der Waals surface area contributed by atoms with Gasteiger partial charge in [-0.05, 0) is 25.2 Å². The Kier molecular flexibility index (Phi) is 6.00. The van der Waals surface area contributed by atoms with Gasteiger partial charge in [-0.25, -0.2) is 4.79 Å². The van der Waals surface area contributed by atoms with Crippen LogP contribution in [0.4, 0.5) is 0 Å².